The maximum absolute atomic E-state index is 12.4. The second-order valence-electron chi connectivity index (χ2n) is 6.80. The summed E-state index contributed by atoms with van der Waals surface area (Å²) in [5.74, 6) is 0. The molecule has 0 aliphatic carbocycles. The number of hydrogen-bond donors (Lipinski definition) is 1. The van der Waals surface area contributed by atoms with Crippen molar-refractivity contribution in [3.63, 3.8) is 0 Å². The smallest absolute Gasteiger partial charge is 0.317 e. The molecule has 27 heavy (non-hydrogen) atoms. The summed E-state index contributed by atoms with van der Waals surface area (Å²) < 4.78 is 1.07. The standard InChI is InChI=1S/C21H26BrN3O.ClH/c1-16-5-3-8-20(17(16)2)24-11-13-25(14-12-24)21(26)23-10-9-18-6-4-7-19(22)15-18;/h3-8,15H,9-14H2,1-2H3,(H,23,26);1H. The Balaban J connectivity index is 0.00000261. The Morgan fingerprint density at radius 3 is 2.48 bits per heavy atom. The number of carbonyl (C=O) groups is 1. The highest BCUT2D eigenvalue weighted by molar-refractivity contribution is 9.10. The molecule has 2 aromatic rings. The molecule has 0 aromatic heterocycles. The Morgan fingerprint density at radius 2 is 1.78 bits per heavy atom. The lowest BCUT2D eigenvalue weighted by Crippen LogP contribution is -2.52. The van der Waals surface area contributed by atoms with Gasteiger partial charge in [0.2, 0.25) is 0 Å². The maximum Gasteiger partial charge on any atom is 0.317 e. The molecule has 146 valence electrons. The maximum atomic E-state index is 12.4. The van der Waals surface area contributed by atoms with Gasteiger partial charge < -0.3 is 15.1 Å². The molecular formula is C21H27BrClN3O. The summed E-state index contributed by atoms with van der Waals surface area (Å²) in [6, 6.07) is 14.7. The molecule has 1 aliphatic rings. The zero-order valence-electron chi connectivity index (χ0n) is 15.9. The second-order valence-corrected chi connectivity index (χ2v) is 7.72. The predicted molar refractivity (Wildman–Crippen MR) is 118 cm³/mol. The number of rotatable bonds is 4. The molecule has 1 aliphatic heterocycles. The van der Waals surface area contributed by atoms with E-state index in [0.29, 0.717) is 6.54 Å². The molecule has 4 nitrogen and oxygen atoms in total. The van der Waals surface area contributed by atoms with Crippen LogP contribution in [-0.2, 0) is 6.42 Å². The molecule has 1 heterocycles. The van der Waals surface area contributed by atoms with Crippen LogP contribution in [0.1, 0.15) is 16.7 Å². The number of nitrogens with zero attached hydrogens (tertiary/aromatic N) is 2. The van der Waals surface area contributed by atoms with E-state index in [4.69, 9.17) is 0 Å². The molecule has 0 saturated carbocycles. The van der Waals surface area contributed by atoms with Crippen molar-refractivity contribution in [1.82, 2.24) is 10.2 Å². The van der Waals surface area contributed by atoms with E-state index in [1.165, 1.54) is 22.4 Å². The number of aryl methyl sites for hydroxylation is 1. The van der Waals surface area contributed by atoms with Gasteiger partial charge in [0.25, 0.3) is 0 Å². The quantitative estimate of drug-likeness (QED) is 0.738. The van der Waals surface area contributed by atoms with E-state index in [1.54, 1.807) is 0 Å². The first kappa shape index (κ1) is 21.6. The summed E-state index contributed by atoms with van der Waals surface area (Å²) in [5, 5.41) is 3.05. The molecule has 2 amide bonds. The van der Waals surface area contributed by atoms with Gasteiger partial charge in [-0.3, -0.25) is 0 Å². The van der Waals surface area contributed by atoms with Gasteiger partial charge in [0.1, 0.15) is 0 Å². The van der Waals surface area contributed by atoms with Crippen molar-refractivity contribution >= 4 is 40.1 Å². The van der Waals surface area contributed by atoms with Gasteiger partial charge >= 0.3 is 6.03 Å². The van der Waals surface area contributed by atoms with Crippen LogP contribution in [0.15, 0.2) is 46.9 Å². The van der Waals surface area contributed by atoms with E-state index in [-0.39, 0.29) is 18.4 Å². The van der Waals surface area contributed by atoms with Gasteiger partial charge in [-0.15, -0.1) is 12.4 Å². The van der Waals surface area contributed by atoms with Crippen molar-refractivity contribution in [2.45, 2.75) is 20.3 Å². The van der Waals surface area contributed by atoms with Gasteiger partial charge in [-0.05, 0) is 55.2 Å². The van der Waals surface area contributed by atoms with E-state index in [1.807, 2.05) is 17.0 Å². The lowest BCUT2D eigenvalue weighted by Gasteiger charge is -2.37. The Kier molecular flexibility index (Phi) is 7.99. The minimum atomic E-state index is 0. The van der Waals surface area contributed by atoms with E-state index in [2.05, 4.69) is 70.3 Å². The highest BCUT2D eigenvalue weighted by Gasteiger charge is 2.22. The van der Waals surface area contributed by atoms with Gasteiger partial charge in [0.05, 0.1) is 0 Å². The Morgan fingerprint density at radius 1 is 1.07 bits per heavy atom. The van der Waals surface area contributed by atoms with Crippen LogP contribution in [0.4, 0.5) is 10.5 Å². The first-order valence-corrected chi connectivity index (χ1v) is 9.92. The predicted octanol–water partition coefficient (Wildman–Crippen LogP) is 4.56. The minimum absolute atomic E-state index is 0. The van der Waals surface area contributed by atoms with Crippen molar-refractivity contribution < 1.29 is 4.79 Å². The number of halogens is 2. The molecule has 6 heteroatoms. The topological polar surface area (TPSA) is 35.6 Å². The third-order valence-corrected chi connectivity index (χ3v) is 5.56. The Labute approximate surface area is 176 Å². The van der Waals surface area contributed by atoms with Gasteiger partial charge in [0, 0.05) is 42.9 Å². The van der Waals surface area contributed by atoms with Gasteiger partial charge in [-0.1, -0.05) is 40.2 Å². The molecule has 0 unspecified atom stereocenters. The molecule has 1 saturated heterocycles. The number of amides is 2. The third-order valence-electron chi connectivity index (χ3n) is 5.06. The average Bonchev–Trinajstić information content (AvgIpc) is 2.64. The normalized spacial score (nSPS) is 13.9. The van der Waals surface area contributed by atoms with E-state index >= 15 is 0 Å². The van der Waals surface area contributed by atoms with Crippen LogP contribution < -0.4 is 10.2 Å². The van der Waals surface area contributed by atoms with Crippen LogP contribution in [-0.4, -0.2) is 43.7 Å². The summed E-state index contributed by atoms with van der Waals surface area (Å²) in [4.78, 5) is 16.7. The molecule has 1 fully saturated rings. The third kappa shape index (κ3) is 5.63. The number of urea groups is 1. The van der Waals surface area contributed by atoms with Crippen molar-refractivity contribution in [3.05, 3.63) is 63.6 Å². The summed E-state index contributed by atoms with van der Waals surface area (Å²) in [6.45, 7) is 8.25. The van der Waals surface area contributed by atoms with E-state index in [9.17, 15) is 4.79 Å². The minimum Gasteiger partial charge on any atom is -0.368 e. The summed E-state index contributed by atoms with van der Waals surface area (Å²) in [7, 11) is 0. The Bertz CT molecular complexity index is 776. The summed E-state index contributed by atoms with van der Waals surface area (Å²) in [5.41, 5.74) is 5.16. The number of anilines is 1. The molecule has 1 N–H and O–H groups in total. The highest BCUT2D eigenvalue weighted by atomic mass is 79.9. The lowest BCUT2D eigenvalue weighted by atomic mass is 10.1. The Hall–Kier alpha value is -1.72. The fraction of sp³-hybridized carbons (Fsp3) is 0.381. The first-order chi connectivity index (χ1) is 12.5. The van der Waals surface area contributed by atoms with Crippen molar-refractivity contribution in [2.75, 3.05) is 37.6 Å². The molecule has 2 aromatic carbocycles. The van der Waals surface area contributed by atoms with Crippen LogP contribution in [0.2, 0.25) is 0 Å². The molecular weight excluding hydrogens is 426 g/mol. The van der Waals surface area contributed by atoms with Crippen molar-refractivity contribution in [1.29, 1.82) is 0 Å². The highest BCUT2D eigenvalue weighted by Crippen LogP contribution is 2.23. The van der Waals surface area contributed by atoms with Crippen LogP contribution >= 0.6 is 28.3 Å². The lowest BCUT2D eigenvalue weighted by molar-refractivity contribution is 0.194. The average molecular weight is 453 g/mol. The molecule has 0 radical (unpaired) electrons. The van der Waals surface area contributed by atoms with Crippen LogP contribution in [0.3, 0.4) is 0 Å². The molecule has 0 spiro atoms. The van der Waals surface area contributed by atoms with E-state index < -0.39 is 0 Å². The monoisotopic (exact) mass is 451 g/mol. The zero-order valence-corrected chi connectivity index (χ0v) is 18.3. The summed E-state index contributed by atoms with van der Waals surface area (Å²) >= 11 is 3.48. The number of nitrogens with one attached hydrogen (secondary N) is 1. The number of hydrogen-bond acceptors (Lipinski definition) is 2. The number of carbonyl (C=O) groups excluding carboxylic acids is 1. The number of piperazine rings is 1. The van der Waals surface area contributed by atoms with Crippen LogP contribution in [0.5, 0.6) is 0 Å². The second kappa shape index (κ2) is 10.00. The van der Waals surface area contributed by atoms with Gasteiger partial charge in [-0.25, -0.2) is 4.79 Å². The molecule has 3 rings (SSSR count). The fourth-order valence-electron chi connectivity index (χ4n) is 3.35. The largest absolute Gasteiger partial charge is 0.368 e. The zero-order chi connectivity index (χ0) is 18.5. The summed E-state index contributed by atoms with van der Waals surface area (Å²) in [6.07, 6.45) is 0.841. The van der Waals surface area contributed by atoms with Crippen LogP contribution in [0, 0.1) is 13.8 Å². The van der Waals surface area contributed by atoms with Crippen molar-refractivity contribution in [3.8, 4) is 0 Å². The molecule has 0 bridgehead atoms. The van der Waals surface area contributed by atoms with Gasteiger partial charge in [0.15, 0.2) is 0 Å². The van der Waals surface area contributed by atoms with Crippen LogP contribution in [0.25, 0.3) is 0 Å². The fourth-order valence-corrected chi connectivity index (χ4v) is 3.79. The molecule has 0 atom stereocenters. The number of benzene rings is 2. The van der Waals surface area contributed by atoms with E-state index in [0.717, 1.165) is 37.1 Å². The van der Waals surface area contributed by atoms with Crippen molar-refractivity contribution in [2.24, 2.45) is 0 Å². The van der Waals surface area contributed by atoms with Gasteiger partial charge in [-0.2, -0.15) is 0 Å². The first-order valence-electron chi connectivity index (χ1n) is 9.13. The SMILES string of the molecule is Cc1cccc(N2CCN(C(=O)NCCc3cccc(Br)c3)CC2)c1C.Cl.